The van der Waals surface area contributed by atoms with E-state index in [1.807, 2.05) is 0 Å². The van der Waals surface area contributed by atoms with Gasteiger partial charge in [-0.2, -0.15) is 0 Å². The number of carbonyl (C=O) groups is 2. The molecule has 1 saturated heterocycles. The summed E-state index contributed by atoms with van der Waals surface area (Å²) in [6, 6.07) is 5.24. The van der Waals surface area contributed by atoms with E-state index < -0.39 is 23.5 Å². The molecule has 2 aromatic rings. The predicted octanol–water partition coefficient (Wildman–Crippen LogP) is 4.05. The number of hydrogen-bond donors (Lipinski definition) is 1. The van der Waals surface area contributed by atoms with Gasteiger partial charge in [-0.1, -0.05) is 23.2 Å². The Balaban J connectivity index is 2.12. The summed E-state index contributed by atoms with van der Waals surface area (Å²) >= 11 is 12.3. The molecular formula is C20H19Cl2NO6. The largest absolute Gasteiger partial charge is 0.507 e. The second-order valence-electron chi connectivity index (χ2n) is 6.33. The molecular weight excluding hydrogens is 421 g/mol. The lowest BCUT2D eigenvalue weighted by atomic mass is 9.99. The Labute approximate surface area is 177 Å². The monoisotopic (exact) mass is 439 g/mol. The van der Waals surface area contributed by atoms with Crippen LogP contribution in [0.2, 0.25) is 10.0 Å². The minimum atomic E-state index is -0.874. The summed E-state index contributed by atoms with van der Waals surface area (Å²) in [5, 5.41) is 11.3. The van der Waals surface area contributed by atoms with Gasteiger partial charge in [0.05, 0.1) is 29.0 Å². The van der Waals surface area contributed by atoms with Gasteiger partial charge in [0.2, 0.25) is 0 Å². The first-order valence-corrected chi connectivity index (χ1v) is 9.50. The lowest BCUT2D eigenvalue weighted by Crippen LogP contribution is -2.31. The van der Waals surface area contributed by atoms with Gasteiger partial charge >= 0.3 is 0 Å². The number of ether oxygens (including phenoxy) is 2. The molecule has 1 aromatic heterocycles. The van der Waals surface area contributed by atoms with Crippen LogP contribution in [0.25, 0.3) is 5.76 Å². The highest BCUT2D eigenvalue weighted by Crippen LogP contribution is 2.42. The lowest BCUT2D eigenvalue weighted by Gasteiger charge is -2.23. The van der Waals surface area contributed by atoms with Gasteiger partial charge in [0, 0.05) is 25.8 Å². The molecule has 0 saturated carbocycles. The van der Waals surface area contributed by atoms with E-state index in [0.29, 0.717) is 18.8 Å². The summed E-state index contributed by atoms with van der Waals surface area (Å²) in [5.74, 6) is -1.34. The maximum Gasteiger partial charge on any atom is 0.295 e. The molecule has 1 amide bonds. The second-order valence-corrected chi connectivity index (χ2v) is 7.14. The van der Waals surface area contributed by atoms with E-state index in [9.17, 15) is 14.7 Å². The Morgan fingerprint density at radius 2 is 1.93 bits per heavy atom. The van der Waals surface area contributed by atoms with Crippen LogP contribution in [-0.4, -0.2) is 49.1 Å². The van der Waals surface area contributed by atoms with Crippen molar-refractivity contribution in [3.05, 3.63) is 57.5 Å². The van der Waals surface area contributed by atoms with Crippen molar-refractivity contribution in [2.45, 2.75) is 12.5 Å². The predicted molar refractivity (Wildman–Crippen MR) is 107 cm³/mol. The summed E-state index contributed by atoms with van der Waals surface area (Å²) in [7, 11) is 2.96. The van der Waals surface area contributed by atoms with Gasteiger partial charge in [-0.3, -0.25) is 9.59 Å². The molecule has 1 aromatic carbocycles. The third kappa shape index (κ3) is 3.99. The number of methoxy groups -OCH3 is 2. The number of likely N-dealkylation sites (tertiary alicyclic amines) is 1. The number of aliphatic hydroxyl groups excluding tert-OH is 1. The maximum absolute atomic E-state index is 12.8. The van der Waals surface area contributed by atoms with E-state index in [0.717, 1.165) is 0 Å². The molecule has 3 rings (SSSR count). The Morgan fingerprint density at radius 1 is 1.24 bits per heavy atom. The van der Waals surface area contributed by atoms with Crippen molar-refractivity contribution in [1.82, 2.24) is 4.90 Å². The first-order chi connectivity index (χ1) is 13.9. The van der Waals surface area contributed by atoms with Crippen molar-refractivity contribution in [3.8, 4) is 5.75 Å². The van der Waals surface area contributed by atoms with Crippen molar-refractivity contribution < 1.29 is 28.6 Å². The van der Waals surface area contributed by atoms with Gasteiger partial charge in [0.1, 0.15) is 17.6 Å². The van der Waals surface area contributed by atoms with Crippen molar-refractivity contribution in [2.75, 3.05) is 27.4 Å². The van der Waals surface area contributed by atoms with Crippen molar-refractivity contribution in [2.24, 2.45) is 0 Å². The van der Waals surface area contributed by atoms with Crippen LogP contribution in [0.4, 0.5) is 0 Å². The molecule has 2 heterocycles. The number of hydrogen-bond acceptors (Lipinski definition) is 6. The second kappa shape index (κ2) is 8.90. The van der Waals surface area contributed by atoms with Crippen LogP contribution in [0.3, 0.4) is 0 Å². The van der Waals surface area contributed by atoms with E-state index in [4.69, 9.17) is 37.1 Å². The molecule has 1 aliphatic rings. The molecule has 7 nitrogen and oxygen atoms in total. The summed E-state index contributed by atoms with van der Waals surface area (Å²) in [4.78, 5) is 26.8. The number of furan rings is 1. The molecule has 1 atom stereocenters. The van der Waals surface area contributed by atoms with Gasteiger partial charge in [-0.15, -0.1) is 0 Å². The summed E-state index contributed by atoms with van der Waals surface area (Å²) in [5.41, 5.74) is 0.0897. The fourth-order valence-corrected chi connectivity index (χ4v) is 3.92. The van der Waals surface area contributed by atoms with Crippen LogP contribution in [-0.2, 0) is 14.3 Å². The fraction of sp³-hybridized carbons (Fsp3) is 0.300. The molecule has 0 radical (unpaired) electrons. The van der Waals surface area contributed by atoms with E-state index in [1.54, 1.807) is 19.2 Å². The molecule has 1 aliphatic heterocycles. The Bertz CT molecular complexity index is 931. The topological polar surface area (TPSA) is 89.2 Å². The number of ketones is 1. The molecule has 154 valence electrons. The number of carbonyl (C=O) groups excluding carboxylic acids is 2. The zero-order valence-corrected chi connectivity index (χ0v) is 17.3. The number of nitrogens with zero attached hydrogens (tertiary/aromatic N) is 1. The molecule has 1 unspecified atom stereocenters. The number of aliphatic hydroxyl groups is 1. The highest BCUT2D eigenvalue weighted by molar-refractivity contribution is 6.46. The zero-order chi connectivity index (χ0) is 21.1. The van der Waals surface area contributed by atoms with Crippen LogP contribution in [0.5, 0.6) is 5.75 Å². The van der Waals surface area contributed by atoms with Crippen LogP contribution < -0.4 is 4.74 Å². The van der Waals surface area contributed by atoms with Gasteiger partial charge in [0.25, 0.3) is 11.7 Å². The summed E-state index contributed by atoms with van der Waals surface area (Å²) in [6.45, 7) is 0.669. The molecule has 0 spiro atoms. The van der Waals surface area contributed by atoms with Gasteiger partial charge in [-0.05, 0) is 30.7 Å². The molecule has 1 N–H and O–H groups in total. The maximum atomic E-state index is 12.8. The third-order valence-electron chi connectivity index (χ3n) is 4.58. The number of Topliss-reactive ketones (excluding diaryl/α,β-unsaturated/α-hetero) is 1. The number of rotatable bonds is 7. The first-order valence-electron chi connectivity index (χ1n) is 8.74. The SMILES string of the molecule is COCCCN1C(=O)C(=O)/C(=C(\O)c2cc(Cl)c(OC)c(Cl)c2)C1c1ccco1. The quantitative estimate of drug-likeness (QED) is 0.303. The standard InChI is InChI=1S/C20H19Cl2NO6/c1-27-7-4-6-23-16(14-5-3-8-29-14)15(18(25)20(23)26)17(24)11-9-12(21)19(28-2)13(22)10-11/h3,5,8-10,16,24H,4,6-7H2,1-2H3/b17-15-. The van der Waals surface area contributed by atoms with Crippen molar-refractivity contribution in [1.29, 1.82) is 0 Å². The molecule has 29 heavy (non-hydrogen) atoms. The first kappa shape index (κ1) is 21.2. The average molecular weight is 440 g/mol. The van der Waals surface area contributed by atoms with E-state index in [2.05, 4.69) is 0 Å². The Hall–Kier alpha value is -2.48. The van der Waals surface area contributed by atoms with Crippen LogP contribution in [0, 0.1) is 0 Å². The Kier molecular flexibility index (Phi) is 6.52. The minimum Gasteiger partial charge on any atom is -0.507 e. The van der Waals surface area contributed by atoms with E-state index in [1.165, 1.54) is 30.4 Å². The normalized spacial score (nSPS) is 18.5. The lowest BCUT2D eigenvalue weighted by molar-refractivity contribution is -0.140. The van der Waals surface area contributed by atoms with Crippen molar-refractivity contribution >= 4 is 40.7 Å². The van der Waals surface area contributed by atoms with Gasteiger partial charge < -0.3 is 23.9 Å². The van der Waals surface area contributed by atoms with Crippen molar-refractivity contribution in [3.63, 3.8) is 0 Å². The number of benzene rings is 1. The van der Waals surface area contributed by atoms with Crippen LogP contribution >= 0.6 is 23.2 Å². The highest BCUT2D eigenvalue weighted by atomic mass is 35.5. The van der Waals surface area contributed by atoms with E-state index in [-0.39, 0.29) is 33.5 Å². The molecule has 0 bridgehead atoms. The minimum absolute atomic E-state index is 0.0975. The Morgan fingerprint density at radius 3 is 2.48 bits per heavy atom. The van der Waals surface area contributed by atoms with Crippen LogP contribution in [0.15, 0.2) is 40.5 Å². The van der Waals surface area contributed by atoms with E-state index >= 15 is 0 Å². The molecule has 9 heteroatoms. The van der Waals surface area contributed by atoms with Gasteiger partial charge in [-0.25, -0.2) is 0 Å². The fourth-order valence-electron chi connectivity index (χ4n) is 3.28. The zero-order valence-electron chi connectivity index (χ0n) is 15.8. The average Bonchev–Trinajstić information content (AvgIpc) is 3.30. The summed E-state index contributed by atoms with van der Waals surface area (Å²) in [6.07, 6.45) is 1.95. The van der Waals surface area contributed by atoms with Crippen LogP contribution in [0.1, 0.15) is 23.8 Å². The number of amides is 1. The molecule has 1 fully saturated rings. The van der Waals surface area contributed by atoms with Gasteiger partial charge in [0.15, 0.2) is 5.75 Å². The third-order valence-corrected chi connectivity index (χ3v) is 5.14. The summed E-state index contributed by atoms with van der Waals surface area (Å²) < 4.78 is 15.6. The molecule has 0 aliphatic carbocycles. The highest BCUT2D eigenvalue weighted by Gasteiger charge is 2.47. The smallest absolute Gasteiger partial charge is 0.295 e. The number of halogens is 2.